The molecule has 0 amide bonds. The van der Waals surface area contributed by atoms with Crippen molar-refractivity contribution in [2.45, 2.75) is 54.7 Å². The molecule has 6 heterocycles. The van der Waals surface area contributed by atoms with Gasteiger partial charge in [0.25, 0.3) is 11.1 Å². The molecule has 1 saturated carbocycles. The van der Waals surface area contributed by atoms with Gasteiger partial charge in [0.2, 0.25) is 5.78 Å². The fraction of sp³-hybridized carbons (Fsp3) is 0.476. The van der Waals surface area contributed by atoms with E-state index in [4.69, 9.17) is 18.5 Å². The number of imidazole rings is 2. The summed E-state index contributed by atoms with van der Waals surface area (Å²) >= 11 is 4.01. The number of fused-ring (bicyclic) bond motifs is 3. The monoisotopic (exact) mass is 611 g/mol. The number of aromatic amines is 1. The Morgan fingerprint density at radius 2 is 1.93 bits per heavy atom. The third-order valence-electron chi connectivity index (χ3n) is 7.48. The first-order valence-corrected chi connectivity index (χ1v) is 14.9. The summed E-state index contributed by atoms with van der Waals surface area (Å²) < 4.78 is 39.8. The lowest BCUT2D eigenvalue weighted by Crippen LogP contribution is -2.38. The van der Waals surface area contributed by atoms with Gasteiger partial charge in [-0.15, -0.1) is 0 Å². The van der Waals surface area contributed by atoms with E-state index in [1.165, 1.54) is 44.5 Å². The van der Waals surface area contributed by atoms with E-state index in [0.29, 0.717) is 0 Å². The molecule has 10 atom stereocenters. The van der Waals surface area contributed by atoms with Gasteiger partial charge < -0.3 is 34.9 Å². The molecule has 2 aliphatic heterocycles. The number of aromatic nitrogens is 7. The van der Waals surface area contributed by atoms with Gasteiger partial charge in [-0.05, 0) is 0 Å². The number of aliphatic hydroxyl groups is 4. The normalized spacial score (nSPS) is 36.1. The molecule has 0 aromatic carbocycles. The van der Waals surface area contributed by atoms with Crippen molar-refractivity contribution < 1.29 is 43.5 Å². The maximum Gasteiger partial charge on any atom is 0.387 e. The Morgan fingerprint density at radius 3 is 2.66 bits per heavy atom. The van der Waals surface area contributed by atoms with Gasteiger partial charge >= 0.3 is 6.80 Å². The van der Waals surface area contributed by atoms with E-state index in [2.05, 4.69) is 32.2 Å². The van der Waals surface area contributed by atoms with Crippen LogP contribution in [-0.2, 0) is 23.1 Å². The van der Waals surface area contributed by atoms with Crippen LogP contribution in [0.25, 0.3) is 16.9 Å². The van der Waals surface area contributed by atoms with Crippen molar-refractivity contribution in [3.63, 3.8) is 0 Å². The van der Waals surface area contributed by atoms with Crippen LogP contribution < -0.4 is 11.1 Å². The predicted molar refractivity (Wildman–Crippen MR) is 136 cm³/mol. The molecular formula is C21H22N7O11PS. The van der Waals surface area contributed by atoms with Gasteiger partial charge in [0, 0.05) is 24.7 Å². The highest BCUT2D eigenvalue weighted by Gasteiger charge is 2.79. The molecule has 0 radical (unpaired) electrons. The quantitative estimate of drug-likeness (QED) is 0.0952. The van der Waals surface area contributed by atoms with E-state index < -0.39 is 73.6 Å². The summed E-state index contributed by atoms with van der Waals surface area (Å²) in [6.07, 6.45) is -4.16. The number of ether oxygens (including phenoxy) is 2. The van der Waals surface area contributed by atoms with Crippen LogP contribution in [0.15, 0.2) is 46.9 Å². The Bertz CT molecular complexity index is 1830. The van der Waals surface area contributed by atoms with Crippen LogP contribution in [-0.4, -0.2) is 103 Å². The minimum absolute atomic E-state index is 0.000357. The first kappa shape index (κ1) is 26.9. The zero-order chi connectivity index (χ0) is 28.8. The molecule has 41 heavy (non-hydrogen) atoms. The number of thiol groups is 1. The molecule has 1 aliphatic carbocycles. The van der Waals surface area contributed by atoms with Gasteiger partial charge in [0.15, 0.2) is 29.2 Å². The highest BCUT2D eigenvalue weighted by atomic mass is 32.7. The SMILES string of the molecule is O=c1[nH]cnc2c1ncn2[C@@H]1O[C@@H]2C(OP(=O)(S)O[C@@H]3[C@H](O)[C@@H](CO)O[C@H]3n3ccc(=O)n4ccnc34)[C@]2(O)[C@H]1O. The molecule has 20 heteroatoms. The van der Waals surface area contributed by atoms with Gasteiger partial charge in [0.1, 0.15) is 36.6 Å². The van der Waals surface area contributed by atoms with E-state index >= 15 is 0 Å². The molecule has 2 unspecified atom stereocenters. The third kappa shape index (κ3) is 3.97. The average Bonchev–Trinajstić information content (AvgIpc) is 3.51. The van der Waals surface area contributed by atoms with Crippen molar-refractivity contribution >= 4 is 36.0 Å². The molecule has 218 valence electrons. The molecule has 2 saturated heterocycles. The Balaban J connectivity index is 1.11. The van der Waals surface area contributed by atoms with E-state index in [0.717, 1.165) is 6.33 Å². The number of nitrogens with one attached hydrogen (secondary N) is 1. The second kappa shape index (κ2) is 9.27. The molecule has 4 aromatic heterocycles. The van der Waals surface area contributed by atoms with Crippen LogP contribution >= 0.6 is 19.0 Å². The van der Waals surface area contributed by atoms with Gasteiger partial charge in [-0.3, -0.25) is 32.2 Å². The Hall–Kier alpha value is -2.97. The lowest BCUT2D eigenvalue weighted by molar-refractivity contribution is -0.0926. The molecule has 7 rings (SSSR count). The molecule has 0 bridgehead atoms. The number of hydrogen-bond acceptors (Lipinski definition) is 14. The fourth-order valence-corrected chi connectivity index (χ4v) is 7.17. The standard InChI is InChI=1S/C21H22N7O11PS/c29-5-8-11(31)12(18(36-8)27-3-1-9(30)26-4-2-22-20(26)27)38-40(35,41)39-15-14-21(15,34)13(32)19(37-14)28-7-25-10-16(28)23-6-24-17(10)33/h1-4,6-8,11-15,18-19,29,31-32,34H,5H2,(H,35,41)(H,23,24,33)/t8-,11-,12-,13+,14-,15?,18-,19-,21+,40?/m1/s1. The summed E-state index contributed by atoms with van der Waals surface area (Å²) in [5, 5.41) is 42.5. The van der Waals surface area contributed by atoms with Crippen LogP contribution in [0.4, 0.5) is 0 Å². The van der Waals surface area contributed by atoms with Crippen molar-refractivity contribution in [3.8, 4) is 0 Å². The summed E-state index contributed by atoms with van der Waals surface area (Å²) in [6, 6.07) is 1.22. The van der Waals surface area contributed by atoms with E-state index in [1.807, 2.05) is 0 Å². The second-order valence-corrected chi connectivity index (χ2v) is 12.6. The summed E-state index contributed by atoms with van der Waals surface area (Å²) in [4.78, 5) is 38.6. The maximum absolute atomic E-state index is 13.4. The minimum Gasteiger partial charge on any atom is -0.394 e. The van der Waals surface area contributed by atoms with Crippen molar-refractivity contribution in [1.82, 2.24) is 33.5 Å². The van der Waals surface area contributed by atoms with Crippen LogP contribution in [0.5, 0.6) is 0 Å². The molecule has 3 aliphatic rings. The highest BCUT2D eigenvalue weighted by Crippen LogP contribution is 2.65. The Labute approximate surface area is 232 Å². The first-order valence-electron chi connectivity index (χ1n) is 12.2. The smallest absolute Gasteiger partial charge is 0.387 e. The summed E-state index contributed by atoms with van der Waals surface area (Å²) in [7, 11) is 0. The summed E-state index contributed by atoms with van der Waals surface area (Å²) in [5.74, 6) is 0.119. The minimum atomic E-state index is -4.43. The van der Waals surface area contributed by atoms with Crippen molar-refractivity contribution in [2.75, 3.05) is 6.61 Å². The van der Waals surface area contributed by atoms with Gasteiger partial charge in [-0.2, -0.15) is 0 Å². The van der Waals surface area contributed by atoms with Crippen molar-refractivity contribution in [3.05, 3.63) is 58.0 Å². The topological polar surface area (TPSA) is 238 Å². The first-order chi connectivity index (χ1) is 19.5. The molecule has 4 aromatic rings. The highest BCUT2D eigenvalue weighted by molar-refractivity contribution is 8.44. The third-order valence-corrected chi connectivity index (χ3v) is 9.05. The summed E-state index contributed by atoms with van der Waals surface area (Å²) in [6.45, 7) is -5.04. The maximum atomic E-state index is 13.4. The Kier molecular flexibility index (Phi) is 6.08. The van der Waals surface area contributed by atoms with E-state index in [-0.39, 0.29) is 22.5 Å². The zero-order valence-corrected chi connectivity index (χ0v) is 22.3. The van der Waals surface area contributed by atoms with Crippen LogP contribution in [0.3, 0.4) is 0 Å². The number of aliphatic hydroxyl groups excluding tert-OH is 3. The second-order valence-electron chi connectivity index (χ2n) is 9.80. The number of H-pyrrole nitrogens is 1. The van der Waals surface area contributed by atoms with Crippen LogP contribution in [0.1, 0.15) is 12.5 Å². The zero-order valence-electron chi connectivity index (χ0n) is 20.5. The molecule has 3 fully saturated rings. The Morgan fingerprint density at radius 1 is 1.12 bits per heavy atom. The fourth-order valence-electron chi connectivity index (χ4n) is 5.38. The largest absolute Gasteiger partial charge is 0.394 e. The molecular weight excluding hydrogens is 589 g/mol. The van der Waals surface area contributed by atoms with Gasteiger partial charge in [-0.1, -0.05) is 12.2 Å². The average molecular weight is 611 g/mol. The number of nitrogens with zero attached hydrogens (tertiary/aromatic N) is 6. The molecule has 18 nitrogen and oxygen atoms in total. The number of rotatable bonds is 7. The van der Waals surface area contributed by atoms with Crippen molar-refractivity contribution in [1.29, 1.82) is 0 Å². The van der Waals surface area contributed by atoms with E-state index in [1.54, 1.807) is 0 Å². The van der Waals surface area contributed by atoms with Gasteiger partial charge in [-0.25, -0.2) is 19.5 Å². The summed E-state index contributed by atoms with van der Waals surface area (Å²) in [5.41, 5.74) is -2.81. The lowest BCUT2D eigenvalue weighted by Gasteiger charge is -2.27. The van der Waals surface area contributed by atoms with Gasteiger partial charge in [0.05, 0.1) is 19.3 Å². The van der Waals surface area contributed by atoms with Crippen molar-refractivity contribution in [2.24, 2.45) is 0 Å². The lowest BCUT2D eigenvalue weighted by atomic mass is 10.1. The molecule has 5 N–H and O–H groups in total. The van der Waals surface area contributed by atoms with E-state index in [9.17, 15) is 34.6 Å². The predicted octanol–water partition coefficient (Wildman–Crippen LogP) is -2.31. The van der Waals surface area contributed by atoms with Crippen LogP contribution in [0, 0.1) is 0 Å². The number of hydrogen-bond donors (Lipinski definition) is 6. The molecule has 0 spiro atoms. The van der Waals surface area contributed by atoms with Crippen LogP contribution in [0.2, 0.25) is 0 Å².